The molecule has 120 valence electrons. The summed E-state index contributed by atoms with van der Waals surface area (Å²) in [5, 5.41) is 6.04. The summed E-state index contributed by atoms with van der Waals surface area (Å²) in [6.07, 6.45) is 1.03. The molecule has 1 aliphatic rings. The van der Waals surface area contributed by atoms with Crippen molar-refractivity contribution < 1.29 is 4.79 Å². The van der Waals surface area contributed by atoms with Crippen molar-refractivity contribution in [2.75, 3.05) is 31.6 Å². The van der Waals surface area contributed by atoms with Crippen molar-refractivity contribution in [3.8, 4) is 0 Å². The summed E-state index contributed by atoms with van der Waals surface area (Å²) in [6, 6.07) is 8.41. The molecule has 0 spiro atoms. The monoisotopic (exact) mass is 302 g/mol. The topological polar surface area (TPSA) is 56.7 Å². The van der Waals surface area contributed by atoms with E-state index in [2.05, 4.69) is 46.7 Å². The SMILES string of the molecule is CCNC(=NCC(C)(C)C(=O)NC)N1CCc2ccccc21. The number of fused-ring (bicyclic) bond motifs is 1. The minimum absolute atomic E-state index is 0.00826. The van der Waals surface area contributed by atoms with E-state index in [-0.39, 0.29) is 5.91 Å². The Morgan fingerprint density at radius 2 is 2.09 bits per heavy atom. The summed E-state index contributed by atoms with van der Waals surface area (Å²) >= 11 is 0. The molecule has 1 aromatic rings. The minimum Gasteiger partial charge on any atom is -0.359 e. The van der Waals surface area contributed by atoms with E-state index in [0.29, 0.717) is 6.54 Å². The van der Waals surface area contributed by atoms with E-state index in [1.54, 1.807) is 7.05 Å². The molecule has 0 unspecified atom stereocenters. The lowest BCUT2D eigenvalue weighted by atomic mass is 9.93. The number of nitrogens with one attached hydrogen (secondary N) is 2. The molecule has 2 N–H and O–H groups in total. The third kappa shape index (κ3) is 3.40. The van der Waals surface area contributed by atoms with Crippen molar-refractivity contribution in [1.82, 2.24) is 10.6 Å². The number of amides is 1. The summed E-state index contributed by atoms with van der Waals surface area (Å²) < 4.78 is 0. The number of guanidine groups is 1. The first kappa shape index (κ1) is 16.3. The van der Waals surface area contributed by atoms with Gasteiger partial charge in [0.25, 0.3) is 0 Å². The van der Waals surface area contributed by atoms with E-state index in [0.717, 1.165) is 25.5 Å². The molecule has 0 fully saturated rings. The van der Waals surface area contributed by atoms with Crippen LogP contribution in [0.2, 0.25) is 0 Å². The molecule has 1 heterocycles. The summed E-state index contributed by atoms with van der Waals surface area (Å²) in [5.41, 5.74) is 2.04. The standard InChI is InChI=1S/C17H26N4O/c1-5-19-16(20-12-17(2,3)15(22)18-4)21-11-10-13-8-6-7-9-14(13)21/h6-9H,5,10-12H2,1-4H3,(H,18,22)(H,19,20). The molecule has 2 rings (SSSR count). The smallest absolute Gasteiger partial charge is 0.227 e. The quantitative estimate of drug-likeness (QED) is 0.658. The molecule has 1 amide bonds. The van der Waals surface area contributed by atoms with E-state index in [1.165, 1.54) is 11.3 Å². The lowest BCUT2D eigenvalue weighted by molar-refractivity contribution is -0.128. The Labute approximate surface area is 132 Å². The van der Waals surface area contributed by atoms with Crippen LogP contribution in [0.5, 0.6) is 0 Å². The lowest BCUT2D eigenvalue weighted by Gasteiger charge is -2.25. The summed E-state index contributed by atoms with van der Waals surface area (Å²) in [4.78, 5) is 18.8. The van der Waals surface area contributed by atoms with Crippen molar-refractivity contribution in [3.05, 3.63) is 29.8 Å². The van der Waals surface area contributed by atoms with E-state index in [4.69, 9.17) is 4.99 Å². The molecule has 0 bridgehead atoms. The van der Waals surface area contributed by atoms with Crippen LogP contribution < -0.4 is 15.5 Å². The highest BCUT2D eigenvalue weighted by molar-refractivity contribution is 5.98. The second-order valence-electron chi connectivity index (χ2n) is 6.16. The average Bonchev–Trinajstić information content (AvgIpc) is 2.94. The van der Waals surface area contributed by atoms with Gasteiger partial charge >= 0.3 is 0 Å². The molecule has 0 saturated carbocycles. The Kier molecular flexibility index (Phi) is 5.06. The maximum absolute atomic E-state index is 11.9. The Bertz CT molecular complexity index is 566. The van der Waals surface area contributed by atoms with Crippen molar-refractivity contribution >= 4 is 17.6 Å². The third-order valence-electron chi connectivity index (χ3n) is 3.94. The van der Waals surface area contributed by atoms with Gasteiger partial charge in [0, 0.05) is 25.8 Å². The van der Waals surface area contributed by atoms with E-state index in [1.807, 2.05) is 13.8 Å². The van der Waals surface area contributed by atoms with Gasteiger partial charge in [-0.1, -0.05) is 18.2 Å². The Hall–Kier alpha value is -2.04. The lowest BCUT2D eigenvalue weighted by Crippen LogP contribution is -2.42. The van der Waals surface area contributed by atoms with Crippen LogP contribution >= 0.6 is 0 Å². The van der Waals surface area contributed by atoms with Gasteiger partial charge < -0.3 is 15.5 Å². The molecule has 0 aliphatic carbocycles. The largest absolute Gasteiger partial charge is 0.359 e. The molecular weight excluding hydrogens is 276 g/mol. The van der Waals surface area contributed by atoms with Crippen LogP contribution in [-0.2, 0) is 11.2 Å². The molecule has 0 atom stereocenters. The second kappa shape index (κ2) is 6.81. The predicted octanol–water partition coefficient (Wildman–Crippen LogP) is 1.79. The molecule has 0 aromatic heterocycles. The van der Waals surface area contributed by atoms with Crippen molar-refractivity contribution in [2.45, 2.75) is 27.2 Å². The molecule has 1 aliphatic heterocycles. The number of benzene rings is 1. The normalized spacial score (nSPS) is 14.7. The summed E-state index contributed by atoms with van der Waals surface area (Å²) in [5.74, 6) is 0.860. The number of hydrogen-bond acceptors (Lipinski definition) is 2. The molecule has 0 saturated heterocycles. The van der Waals surface area contributed by atoms with Crippen LogP contribution in [0.3, 0.4) is 0 Å². The maximum Gasteiger partial charge on any atom is 0.227 e. The summed E-state index contributed by atoms with van der Waals surface area (Å²) in [7, 11) is 1.66. The average molecular weight is 302 g/mol. The van der Waals surface area contributed by atoms with Gasteiger partial charge in [-0.3, -0.25) is 9.79 Å². The molecule has 1 aromatic carbocycles. The number of nitrogens with zero attached hydrogens (tertiary/aromatic N) is 2. The van der Waals surface area contributed by atoms with Crippen LogP contribution in [0.1, 0.15) is 26.3 Å². The van der Waals surface area contributed by atoms with Crippen molar-refractivity contribution in [2.24, 2.45) is 10.4 Å². The fraction of sp³-hybridized carbons (Fsp3) is 0.529. The highest BCUT2D eigenvalue weighted by Crippen LogP contribution is 2.27. The first-order chi connectivity index (χ1) is 10.5. The van der Waals surface area contributed by atoms with Gasteiger partial charge in [0.2, 0.25) is 5.91 Å². The van der Waals surface area contributed by atoms with Gasteiger partial charge in [0.15, 0.2) is 5.96 Å². The molecule has 0 radical (unpaired) electrons. The Morgan fingerprint density at radius 1 is 1.36 bits per heavy atom. The number of carbonyl (C=O) groups excluding carboxylic acids is 1. The van der Waals surface area contributed by atoms with E-state index < -0.39 is 5.41 Å². The van der Waals surface area contributed by atoms with Crippen molar-refractivity contribution in [1.29, 1.82) is 0 Å². The molecular formula is C17H26N4O. The Balaban J connectivity index is 2.21. The number of rotatable bonds is 4. The number of hydrogen-bond donors (Lipinski definition) is 2. The van der Waals surface area contributed by atoms with Crippen LogP contribution in [0.25, 0.3) is 0 Å². The zero-order valence-electron chi connectivity index (χ0n) is 13.9. The van der Waals surface area contributed by atoms with Crippen LogP contribution in [0.15, 0.2) is 29.3 Å². The van der Waals surface area contributed by atoms with Gasteiger partial charge in [-0.15, -0.1) is 0 Å². The number of aliphatic imine (C=N–C) groups is 1. The van der Waals surface area contributed by atoms with Gasteiger partial charge in [-0.2, -0.15) is 0 Å². The molecule has 22 heavy (non-hydrogen) atoms. The fourth-order valence-electron chi connectivity index (χ4n) is 2.64. The summed E-state index contributed by atoms with van der Waals surface area (Å²) in [6.45, 7) is 8.06. The zero-order chi connectivity index (χ0) is 16.2. The van der Waals surface area contributed by atoms with Crippen LogP contribution in [0.4, 0.5) is 5.69 Å². The maximum atomic E-state index is 11.9. The highest BCUT2D eigenvalue weighted by Gasteiger charge is 2.28. The third-order valence-corrected chi connectivity index (χ3v) is 3.94. The van der Waals surface area contributed by atoms with E-state index >= 15 is 0 Å². The Morgan fingerprint density at radius 3 is 2.77 bits per heavy atom. The first-order valence-corrected chi connectivity index (χ1v) is 7.85. The highest BCUT2D eigenvalue weighted by atomic mass is 16.2. The molecule has 5 heteroatoms. The zero-order valence-corrected chi connectivity index (χ0v) is 13.9. The molecule has 5 nitrogen and oxygen atoms in total. The second-order valence-corrected chi connectivity index (χ2v) is 6.16. The fourth-order valence-corrected chi connectivity index (χ4v) is 2.64. The van der Waals surface area contributed by atoms with Gasteiger partial charge in [-0.25, -0.2) is 0 Å². The van der Waals surface area contributed by atoms with Crippen molar-refractivity contribution in [3.63, 3.8) is 0 Å². The van der Waals surface area contributed by atoms with Crippen LogP contribution in [0, 0.1) is 5.41 Å². The van der Waals surface area contributed by atoms with Gasteiger partial charge in [0.1, 0.15) is 0 Å². The number of para-hydroxylation sites is 1. The van der Waals surface area contributed by atoms with Gasteiger partial charge in [-0.05, 0) is 38.8 Å². The van der Waals surface area contributed by atoms with Crippen LogP contribution in [-0.4, -0.2) is 38.5 Å². The first-order valence-electron chi connectivity index (χ1n) is 7.85. The number of carbonyl (C=O) groups is 1. The van der Waals surface area contributed by atoms with E-state index in [9.17, 15) is 4.79 Å². The number of anilines is 1. The minimum atomic E-state index is -0.519. The van der Waals surface area contributed by atoms with Gasteiger partial charge in [0.05, 0.1) is 12.0 Å². The predicted molar refractivity (Wildman–Crippen MR) is 91.3 cm³/mol.